The van der Waals surface area contributed by atoms with Crippen molar-refractivity contribution < 1.29 is 4.74 Å². The number of ether oxygens (including phenoxy) is 1. The lowest BCUT2D eigenvalue weighted by Crippen LogP contribution is -2.50. The number of nitrogens with two attached hydrogens (primary N) is 1. The minimum Gasteiger partial charge on any atom is -0.381 e. The predicted molar refractivity (Wildman–Crippen MR) is 66.3 cm³/mol. The van der Waals surface area contributed by atoms with E-state index in [0.29, 0.717) is 5.41 Å². The monoisotopic (exact) mass is 226 g/mol. The molecule has 0 aromatic heterocycles. The molecule has 0 aromatic carbocycles. The first-order valence-corrected chi connectivity index (χ1v) is 6.59. The third-order valence-corrected chi connectivity index (χ3v) is 4.27. The highest BCUT2D eigenvalue weighted by atomic mass is 16.5. The second kappa shape index (κ2) is 4.63. The molecular weight excluding hydrogens is 200 g/mol. The van der Waals surface area contributed by atoms with Crippen LogP contribution in [-0.4, -0.2) is 31.8 Å². The topological polar surface area (TPSA) is 47.3 Å². The zero-order valence-corrected chi connectivity index (χ0v) is 10.7. The van der Waals surface area contributed by atoms with E-state index < -0.39 is 0 Å². The SMILES string of the molecule is CC1(CNCC(C)(N)C2CC2)CCOCC1. The van der Waals surface area contributed by atoms with Crippen LogP contribution >= 0.6 is 0 Å². The highest BCUT2D eigenvalue weighted by molar-refractivity contribution is 4.97. The van der Waals surface area contributed by atoms with Gasteiger partial charge in [-0.15, -0.1) is 0 Å². The zero-order valence-electron chi connectivity index (χ0n) is 10.7. The summed E-state index contributed by atoms with van der Waals surface area (Å²) < 4.78 is 5.41. The van der Waals surface area contributed by atoms with Gasteiger partial charge in [0.2, 0.25) is 0 Å². The molecule has 3 N–H and O–H groups in total. The van der Waals surface area contributed by atoms with Crippen molar-refractivity contribution in [3.8, 4) is 0 Å². The van der Waals surface area contributed by atoms with E-state index in [1.807, 2.05) is 0 Å². The molecule has 1 atom stereocenters. The molecule has 3 heteroatoms. The van der Waals surface area contributed by atoms with E-state index >= 15 is 0 Å². The van der Waals surface area contributed by atoms with Crippen LogP contribution in [0.1, 0.15) is 39.5 Å². The lowest BCUT2D eigenvalue weighted by atomic mass is 9.82. The van der Waals surface area contributed by atoms with Crippen molar-refractivity contribution in [2.75, 3.05) is 26.3 Å². The highest BCUT2D eigenvalue weighted by Crippen LogP contribution is 2.37. The standard InChI is InChI=1S/C13H26N2O/c1-12(5-7-16-8-6-12)9-15-10-13(2,14)11-3-4-11/h11,15H,3-10,14H2,1-2H3. The molecule has 2 fully saturated rings. The van der Waals surface area contributed by atoms with Gasteiger partial charge in [-0.2, -0.15) is 0 Å². The van der Waals surface area contributed by atoms with Crippen LogP contribution in [0.25, 0.3) is 0 Å². The molecule has 2 rings (SSSR count). The summed E-state index contributed by atoms with van der Waals surface area (Å²) >= 11 is 0. The summed E-state index contributed by atoms with van der Waals surface area (Å²) in [6.45, 7) is 8.41. The van der Waals surface area contributed by atoms with Crippen LogP contribution < -0.4 is 11.1 Å². The summed E-state index contributed by atoms with van der Waals surface area (Å²) in [5.41, 5.74) is 6.71. The first-order chi connectivity index (χ1) is 7.52. The van der Waals surface area contributed by atoms with E-state index in [-0.39, 0.29) is 5.54 Å². The van der Waals surface area contributed by atoms with E-state index in [2.05, 4.69) is 19.2 Å². The van der Waals surface area contributed by atoms with Crippen LogP contribution in [0.5, 0.6) is 0 Å². The van der Waals surface area contributed by atoms with Crippen LogP contribution in [0.4, 0.5) is 0 Å². The van der Waals surface area contributed by atoms with Gasteiger partial charge in [0.05, 0.1) is 0 Å². The van der Waals surface area contributed by atoms with Crippen LogP contribution in [0, 0.1) is 11.3 Å². The molecule has 2 aliphatic rings. The maximum Gasteiger partial charge on any atom is 0.0471 e. The molecule has 1 heterocycles. The summed E-state index contributed by atoms with van der Waals surface area (Å²) in [5.74, 6) is 0.752. The van der Waals surface area contributed by atoms with Gasteiger partial charge in [0.25, 0.3) is 0 Å². The Balaban J connectivity index is 1.70. The molecule has 3 nitrogen and oxygen atoms in total. The number of nitrogens with one attached hydrogen (secondary N) is 1. The lowest BCUT2D eigenvalue weighted by Gasteiger charge is -2.35. The smallest absolute Gasteiger partial charge is 0.0471 e. The number of rotatable bonds is 5. The fraction of sp³-hybridized carbons (Fsp3) is 1.00. The fourth-order valence-electron chi connectivity index (χ4n) is 2.56. The lowest BCUT2D eigenvalue weighted by molar-refractivity contribution is 0.0236. The summed E-state index contributed by atoms with van der Waals surface area (Å²) in [7, 11) is 0. The van der Waals surface area contributed by atoms with Crippen molar-refractivity contribution in [2.24, 2.45) is 17.1 Å². The van der Waals surface area contributed by atoms with Gasteiger partial charge in [-0.3, -0.25) is 0 Å². The van der Waals surface area contributed by atoms with Gasteiger partial charge in [0.1, 0.15) is 0 Å². The minimum absolute atomic E-state index is 0.00151. The van der Waals surface area contributed by atoms with E-state index in [0.717, 1.165) is 32.2 Å². The number of hydrogen-bond acceptors (Lipinski definition) is 3. The average molecular weight is 226 g/mol. The van der Waals surface area contributed by atoms with Gasteiger partial charge < -0.3 is 15.8 Å². The summed E-state index contributed by atoms with van der Waals surface area (Å²) in [4.78, 5) is 0. The Hall–Kier alpha value is -0.120. The first-order valence-electron chi connectivity index (χ1n) is 6.59. The van der Waals surface area contributed by atoms with Gasteiger partial charge >= 0.3 is 0 Å². The molecule has 0 radical (unpaired) electrons. The Bertz CT molecular complexity index is 230. The Morgan fingerprint density at radius 2 is 2.00 bits per heavy atom. The molecule has 0 amide bonds. The van der Waals surface area contributed by atoms with Crippen LogP contribution in [-0.2, 0) is 4.74 Å². The van der Waals surface area contributed by atoms with Crippen LogP contribution in [0.3, 0.4) is 0 Å². The summed E-state index contributed by atoms with van der Waals surface area (Å²) in [6.07, 6.45) is 4.98. The molecule has 0 bridgehead atoms. The minimum atomic E-state index is 0.00151. The van der Waals surface area contributed by atoms with Crippen molar-refractivity contribution in [2.45, 2.75) is 45.1 Å². The molecule has 0 aromatic rings. The molecule has 94 valence electrons. The maximum atomic E-state index is 6.29. The molecule has 1 saturated carbocycles. The Morgan fingerprint density at radius 1 is 1.38 bits per heavy atom. The largest absolute Gasteiger partial charge is 0.381 e. The summed E-state index contributed by atoms with van der Waals surface area (Å²) in [5, 5.41) is 3.58. The predicted octanol–water partition coefficient (Wildman–Crippen LogP) is 1.52. The Morgan fingerprint density at radius 3 is 2.56 bits per heavy atom. The van der Waals surface area contributed by atoms with Gasteiger partial charge in [-0.05, 0) is 43.9 Å². The molecule has 1 aliphatic carbocycles. The molecular formula is C13H26N2O. The van der Waals surface area contributed by atoms with Gasteiger partial charge in [0.15, 0.2) is 0 Å². The van der Waals surface area contributed by atoms with Crippen LogP contribution in [0.2, 0.25) is 0 Å². The number of hydrogen-bond donors (Lipinski definition) is 2. The zero-order chi connectivity index (χ0) is 11.6. The molecule has 1 aliphatic heterocycles. The third kappa shape index (κ3) is 3.19. The highest BCUT2D eigenvalue weighted by Gasteiger charge is 2.38. The van der Waals surface area contributed by atoms with Crippen molar-refractivity contribution in [3.63, 3.8) is 0 Å². The van der Waals surface area contributed by atoms with E-state index in [1.54, 1.807) is 0 Å². The molecule has 1 unspecified atom stereocenters. The maximum absolute atomic E-state index is 6.29. The van der Waals surface area contributed by atoms with Gasteiger partial charge in [0, 0.05) is 31.8 Å². The second-order valence-corrected chi connectivity index (χ2v) is 6.31. The Labute approximate surface area is 99.1 Å². The Kier molecular flexibility index (Phi) is 3.57. The fourth-order valence-corrected chi connectivity index (χ4v) is 2.56. The van der Waals surface area contributed by atoms with Gasteiger partial charge in [-0.25, -0.2) is 0 Å². The average Bonchev–Trinajstić information content (AvgIpc) is 3.01. The van der Waals surface area contributed by atoms with Crippen molar-refractivity contribution in [3.05, 3.63) is 0 Å². The van der Waals surface area contributed by atoms with E-state index in [1.165, 1.54) is 25.7 Å². The quantitative estimate of drug-likeness (QED) is 0.747. The molecule has 16 heavy (non-hydrogen) atoms. The van der Waals surface area contributed by atoms with Crippen LogP contribution in [0.15, 0.2) is 0 Å². The normalized spacial score (nSPS) is 28.7. The molecule has 0 spiro atoms. The van der Waals surface area contributed by atoms with E-state index in [9.17, 15) is 0 Å². The van der Waals surface area contributed by atoms with Crippen molar-refractivity contribution in [1.82, 2.24) is 5.32 Å². The third-order valence-electron chi connectivity index (χ3n) is 4.27. The van der Waals surface area contributed by atoms with Crippen molar-refractivity contribution >= 4 is 0 Å². The summed E-state index contributed by atoms with van der Waals surface area (Å²) in [6, 6.07) is 0. The van der Waals surface area contributed by atoms with E-state index in [4.69, 9.17) is 10.5 Å². The van der Waals surface area contributed by atoms with Gasteiger partial charge in [-0.1, -0.05) is 6.92 Å². The molecule has 1 saturated heterocycles. The van der Waals surface area contributed by atoms with Crippen molar-refractivity contribution in [1.29, 1.82) is 0 Å². The second-order valence-electron chi connectivity index (χ2n) is 6.31. The first kappa shape index (κ1) is 12.3.